The van der Waals surface area contributed by atoms with E-state index >= 15 is 0 Å². The quantitative estimate of drug-likeness (QED) is 0.744. The molecule has 1 aromatic carbocycles. The number of anilines is 2. The molecule has 1 aliphatic heterocycles. The van der Waals surface area contributed by atoms with Crippen LogP contribution in [0.1, 0.15) is 44.2 Å². The molecule has 7 heteroatoms. The van der Waals surface area contributed by atoms with Crippen LogP contribution in [0.2, 0.25) is 5.15 Å². The summed E-state index contributed by atoms with van der Waals surface area (Å²) in [7, 11) is 7.95. The minimum Gasteiger partial charge on any atom is -0.497 e. The summed E-state index contributed by atoms with van der Waals surface area (Å²) in [6, 6.07) is 3.95. The second-order valence-corrected chi connectivity index (χ2v) is 7.78. The van der Waals surface area contributed by atoms with Crippen molar-refractivity contribution in [3.05, 3.63) is 39.4 Å². The number of rotatable bonds is 5. The lowest BCUT2D eigenvalue weighted by Gasteiger charge is -2.33. The predicted octanol–water partition coefficient (Wildman–Crippen LogP) is 3.14. The molecule has 1 saturated carbocycles. The summed E-state index contributed by atoms with van der Waals surface area (Å²) in [6.45, 7) is 2.80. The lowest BCUT2D eigenvalue weighted by atomic mass is 9.87. The van der Waals surface area contributed by atoms with Gasteiger partial charge in [-0.15, -0.1) is 0 Å². The maximum absolute atomic E-state index is 13.3. The van der Waals surface area contributed by atoms with Crippen LogP contribution < -0.4 is 20.7 Å². The molecule has 1 atom stereocenters. The number of hydrogen-bond acceptors (Lipinski definition) is 4. The zero-order chi connectivity index (χ0) is 19.1. The van der Waals surface area contributed by atoms with Gasteiger partial charge in [0.15, 0.2) is 0 Å². The molecule has 1 aliphatic carbocycles. The van der Waals surface area contributed by atoms with Crippen molar-refractivity contribution in [1.29, 1.82) is 0 Å². The van der Waals surface area contributed by atoms with Gasteiger partial charge in [-0.25, -0.2) is 4.98 Å². The second kappa shape index (κ2) is 7.23. The number of ether oxygens (including phenoxy) is 1. The maximum Gasteiger partial charge on any atom is 0.294 e. The number of aryl methyl sites for hydroxylation is 1. The Morgan fingerprint density at radius 2 is 2.19 bits per heavy atom. The number of nitrogens with zero attached hydrogens (tertiary/aromatic N) is 3. The summed E-state index contributed by atoms with van der Waals surface area (Å²) >= 11 is 6.33. The molecule has 2 heterocycles. The molecule has 4 rings (SSSR count). The van der Waals surface area contributed by atoms with E-state index in [2.05, 4.69) is 11.9 Å². The molecule has 27 heavy (non-hydrogen) atoms. The molecule has 0 amide bonds. The fourth-order valence-corrected chi connectivity index (χ4v) is 4.39. The molecule has 2 aliphatic rings. The van der Waals surface area contributed by atoms with E-state index in [1.165, 1.54) is 12.8 Å². The third-order valence-corrected chi connectivity index (χ3v) is 5.79. The van der Waals surface area contributed by atoms with E-state index in [9.17, 15) is 4.79 Å². The maximum atomic E-state index is 13.3. The number of benzene rings is 1. The van der Waals surface area contributed by atoms with Crippen LogP contribution in [0.25, 0.3) is 0 Å². The Kier molecular flexibility index (Phi) is 4.93. The predicted molar refractivity (Wildman–Crippen MR) is 109 cm³/mol. The standard InChI is InChI=1S/C20H23BClN3O2/c1-3-16(12-6-7-12)25-11-17(22)23-19(20(25)26)24-8-4-5-13-9-14(27-2)10-15(21)18(13)24/h9-12,16H,3-8H2,1-2H3/t16-/m1/s1. The first kappa shape index (κ1) is 18.4. The molecule has 1 aromatic heterocycles. The smallest absolute Gasteiger partial charge is 0.294 e. The van der Waals surface area contributed by atoms with E-state index in [1.807, 2.05) is 11.0 Å². The molecule has 2 aromatic rings. The first-order valence-electron chi connectivity index (χ1n) is 9.56. The largest absolute Gasteiger partial charge is 0.497 e. The van der Waals surface area contributed by atoms with Crippen LogP contribution in [-0.2, 0) is 6.42 Å². The van der Waals surface area contributed by atoms with Crippen molar-refractivity contribution >= 4 is 36.4 Å². The summed E-state index contributed by atoms with van der Waals surface area (Å²) in [6.07, 6.45) is 6.72. The molecule has 0 N–H and O–H groups in total. The molecule has 0 bridgehead atoms. The van der Waals surface area contributed by atoms with Gasteiger partial charge in [0, 0.05) is 24.5 Å². The monoisotopic (exact) mass is 383 g/mol. The Bertz CT molecular complexity index is 926. The van der Waals surface area contributed by atoms with E-state index in [-0.39, 0.29) is 11.6 Å². The van der Waals surface area contributed by atoms with Crippen molar-refractivity contribution < 1.29 is 4.74 Å². The van der Waals surface area contributed by atoms with E-state index in [4.69, 9.17) is 24.2 Å². The van der Waals surface area contributed by atoms with E-state index in [0.717, 1.165) is 36.3 Å². The van der Waals surface area contributed by atoms with Crippen LogP contribution in [0.15, 0.2) is 23.1 Å². The molecular formula is C20H23BClN3O2. The average Bonchev–Trinajstić information content (AvgIpc) is 3.49. The molecule has 0 spiro atoms. The number of fused-ring (bicyclic) bond motifs is 1. The molecule has 5 nitrogen and oxygen atoms in total. The summed E-state index contributed by atoms with van der Waals surface area (Å²) in [5.74, 6) is 1.64. The van der Waals surface area contributed by atoms with Crippen molar-refractivity contribution in [2.45, 2.75) is 45.1 Å². The van der Waals surface area contributed by atoms with Crippen molar-refractivity contribution in [3.8, 4) is 5.75 Å². The average molecular weight is 384 g/mol. The number of halogens is 1. The first-order chi connectivity index (χ1) is 13.0. The van der Waals surface area contributed by atoms with Gasteiger partial charge >= 0.3 is 0 Å². The number of hydrogen-bond donors (Lipinski definition) is 0. The highest BCUT2D eigenvalue weighted by atomic mass is 35.5. The van der Waals surface area contributed by atoms with Gasteiger partial charge < -0.3 is 14.2 Å². The van der Waals surface area contributed by atoms with Gasteiger partial charge in [-0.3, -0.25) is 4.79 Å². The van der Waals surface area contributed by atoms with Crippen molar-refractivity contribution in [2.24, 2.45) is 5.92 Å². The Hall–Kier alpha value is -1.95. The van der Waals surface area contributed by atoms with Crippen LogP contribution in [0.5, 0.6) is 5.75 Å². The zero-order valence-corrected chi connectivity index (χ0v) is 16.5. The Morgan fingerprint density at radius 1 is 1.41 bits per heavy atom. The first-order valence-corrected chi connectivity index (χ1v) is 9.93. The summed E-state index contributed by atoms with van der Waals surface area (Å²) < 4.78 is 7.13. The lowest BCUT2D eigenvalue weighted by Crippen LogP contribution is -2.37. The molecule has 0 saturated heterocycles. The van der Waals surface area contributed by atoms with Gasteiger partial charge in [-0.05, 0) is 55.7 Å². The van der Waals surface area contributed by atoms with Crippen LogP contribution in [0.3, 0.4) is 0 Å². The topological polar surface area (TPSA) is 47.4 Å². The SMILES string of the molecule is [B]c1cc(OC)cc2c1N(c1nc(Cl)cn([C@H](CC)C3CC3)c1=O)CCC2. The third-order valence-electron chi connectivity index (χ3n) is 5.61. The Labute approximate surface area is 165 Å². The highest BCUT2D eigenvalue weighted by Gasteiger charge is 2.33. The number of aromatic nitrogens is 2. The van der Waals surface area contributed by atoms with Crippen molar-refractivity contribution in [2.75, 3.05) is 18.6 Å². The van der Waals surface area contributed by atoms with Crippen LogP contribution in [0, 0.1) is 5.92 Å². The molecule has 0 unspecified atom stereocenters. The van der Waals surface area contributed by atoms with E-state index in [0.29, 0.717) is 28.9 Å². The van der Waals surface area contributed by atoms with Crippen LogP contribution in [0.4, 0.5) is 11.5 Å². The fraction of sp³-hybridized carbons (Fsp3) is 0.500. The molecule has 140 valence electrons. The zero-order valence-electron chi connectivity index (χ0n) is 15.7. The van der Waals surface area contributed by atoms with Crippen molar-refractivity contribution in [3.63, 3.8) is 0 Å². The Balaban J connectivity index is 1.84. The normalized spacial score (nSPS) is 17.5. The summed E-state index contributed by atoms with van der Waals surface area (Å²) in [5.41, 5.74) is 2.41. The third kappa shape index (κ3) is 3.36. The molecule has 2 radical (unpaired) electrons. The highest BCUT2D eigenvalue weighted by molar-refractivity contribution is 6.36. The second-order valence-electron chi connectivity index (χ2n) is 7.39. The van der Waals surface area contributed by atoms with Gasteiger partial charge in [0.25, 0.3) is 5.56 Å². The van der Waals surface area contributed by atoms with Gasteiger partial charge in [-0.1, -0.05) is 24.0 Å². The van der Waals surface area contributed by atoms with Gasteiger partial charge in [0.1, 0.15) is 18.7 Å². The summed E-state index contributed by atoms with van der Waals surface area (Å²) in [4.78, 5) is 19.7. The van der Waals surface area contributed by atoms with Gasteiger partial charge in [0.2, 0.25) is 5.82 Å². The van der Waals surface area contributed by atoms with E-state index < -0.39 is 0 Å². The fourth-order valence-electron chi connectivity index (χ4n) is 4.20. The minimum atomic E-state index is -0.0961. The Morgan fingerprint density at radius 3 is 2.85 bits per heavy atom. The van der Waals surface area contributed by atoms with Crippen LogP contribution >= 0.6 is 11.6 Å². The van der Waals surface area contributed by atoms with Crippen LogP contribution in [-0.4, -0.2) is 31.1 Å². The molecular weight excluding hydrogens is 361 g/mol. The lowest BCUT2D eigenvalue weighted by molar-refractivity contribution is 0.414. The van der Waals surface area contributed by atoms with Crippen molar-refractivity contribution in [1.82, 2.24) is 9.55 Å². The van der Waals surface area contributed by atoms with Gasteiger partial charge in [-0.2, -0.15) is 0 Å². The summed E-state index contributed by atoms with van der Waals surface area (Å²) in [5, 5.41) is 0.336. The molecule has 1 fully saturated rings. The van der Waals surface area contributed by atoms with Gasteiger partial charge in [0.05, 0.1) is 7.11 Å². The minimum absolute atomic E-state index is 0.0961. The highest BCUT2D eigenvalue weighted by Crippen LogP contribution is 2.41. The van der Waals surface area contributed by atoms with E-state index in [1.54, 1.807) is 23.9 Å². The number of methoxy groups -OCH3 is 1.